The minimum absolute atomic E-state index is 0. The average molecular weight is 215 g/mol. The summed E-state index contributed by atoms with van der Waals surface area (Å²) in [5.41, 5.74) is 0. The van der Waals surface area contributed by atoms with Crippen LogP contribution in [0.3, 0.4) is 0 Å². The van der Waals surface area contributed by atoms with Crippen molar-refractivity contribution in [2.45, 2.75) is 0 Å². The molecule has 0 spiro atoms. The van der Waals surface area contributed by atoms with E-state index in [1.165, 1.54) is 0 Å². The quantitative estimate of drug-likeness (QED) is 0.465. The Morgan fingerprint density at radius 1 is 1.25 bits per heavy atom. The van der Waals surface area contributed by atoms with Crippen LogP contribution in [-0.4, -0.2) is 25.8 Å². The first-order chi connectivity index (χ1) is 1.41. The van der Waals surface area contributed by atoms with Gasteiger partial charge in [-0.05, 0) is 0 Å². The Morgan fingerprint density at radius 2 is 1.25 bits per heavy atom. The van der Waals surface area contributed by atoms with Crippen molar-refractivity contribution in [3.05, 3.63) is 0 Å². The predicted octanol–water partition coefficient (Wildman–Crippen LogP) is -1.42. The van der Waals surface area contributed by atoms with Gasteiger partial charge in [-0.15, -0.1) is 0 Å². The molecule has 0 amide bonds. The number of hydrogen-bond acceptors (Lipinski definition) is 2. The molecule has 4 heavy (non-hydrogen) atoms. The Balaban J connectivity index is 0. The normalized spacial score (nSPS) is 5.00. The first-order valence-corrected chi connectivity index (χ1v) is 3.00. The third-order valence-corrected chi connectivity index (χ3v) is 0. The molecule has 0 N–H and O–H groups in total. The summed E-state index contributed by atoms with van der Waals surface area (Å²) in [6.45, 7) is 0. The second-order valence-electron chi connectivity index (χ2n) is 0.118. The Morgan fingerprint density at radius 3 is 1.25 bits per heavy atom. The van der Waals surface area contributed by atoms with Crippen molar-refractivity contribution >= 4 is 25.8 Å². The molecule has 0 unspecified atom stereocenters. The predicted molar refractivity (Wildman–Crippen MR) is 11.3 cm³/mol. The second kappa shape index (κ2) is 8.94. The van der Waals surface area contributed by atoms with Crippen LogP contribution >= 0.6 is 0 Å². The van der Waals surface area contributed by atoms with Gasteiger partial charge in [0.25, 0.3) is 0 Å². The number of hydrogen-bond donors (Lipinski definition) is 0. The standard InChI is InChI=1S/In.2O.Zn.3H. The molecule has 0 aliphatic rings. The van der Waals surface area contributed by atoms with Crippen LogP contribution in [-0.2, 0) is 24.2 Å². The van der Waals surface area contributed by atoms with Crippen LogP contribution < -0.4 is 0 Å². The van der Waals surface area contributed by atoms with Gasteiger partial charge in [0.05, 0.1) is 0 Å². The molecule has 0 radical (unpaired) electrons. The van der Waals surface area contributed by atoms with E-state index in [0.29, 0.717) is 0 Å². The van der Waals surface area contributed by atoms with Gasteiger partial charge in [0, 0.05) is 0 Å². The maximum atomic E-state index is 8.56. The zero-order valence-electron chi connectivity index (χ0n) is 1.52. The van der Waals surface area contributed by atoms with Gasteiger partial charge >= 0.3 is 50.0 Å². The molecule has 20 valence electrons. The molecule has 0 fully saturated rings. The van der Waals surface area contributed by atoms with Crippen LogP contribution in [0.25, 0.3) is 0 Å². The summed E-state index contributed by atoms with van der Waals surface area (Å²) in [5.74, 6) is 0. The van der Waals surface area contributed by atoms with Gasteiger partial charge in [-0.3, -0.25) is 0 Å². The molecule has 0 aromatic carbocycles. The number of rotatable bonds is 0. The van der Waals surface area contributed by atoms with E-state index in [9.17, 15) is 0 Å². The van der Waals surface area contributed by atoms with E-state index >= 15 is 0 Å². The SMILES string of the molecule is [InH3].[O]=[Zn]=[O]. The summed E-state index contributed by atoms with van der Waals surface area (Å²) in [4.78, 5) is 0. The molecule has 0 aliphatic heterocycles. The monoisotopic (exact) mass is 214 g/mol. The van der Waals surface area contributed by atoms with Crippen molar-refractivity contribution in [3.8, 4) is 0 Å². The van der Waals surface area contributed by atoms with Crippen molar-refractivity contribution in [1.29, 1.82) is 0 Å². The molecule has 0 bridgehead atoms. The molecule has 0 heterocycles. The second-order valence-corrected chi connectivity index (χ2v) is 0.612. The summed E-state index contributed by atoms with van der Waals surface area (Å²) in [6, 6.07) is 0. The molecule has 0 saturated carbocycles. The summed E-state index contributed by atoms with van der Waals surface area (Å²) in [7, 11) is 0. The first kappa shape index (κ1) is 8.92. The Kier molecular flexibility index (Phi) is 19.9. The fourth-order valence-corrected chi connectivity index (χ4v) is 0. The van der Waals surface area contributed by atoms with Crippen molar-refractivity contribution in [1.82, 2.24) is 0 Å². The van der Waals surface area contributed by atoms with Crippen molar-refractivity contribution in [2.24, 2.45) is 0 Å². The van der Waals surface area contributed by atoms with Crippen LogP contribution in [0.2, 0.25) is 0 Å². The van der Waals surface area contributed by atoms with Gasteiger partial charge in [0.15, 0.2) is 0 Å². The Bertz CT molecular complexity index is 27.0. The van der Waals surface area contributed by atoms with Gasteiger partial charge in [-0.25, -0.2) is 0 Å². The van der Waals surface area contributed by atoms with Gasteiger partial charge in [0.1, 0.15) is 0 Å². The molecule has 0 aliphatic carbocycles. The van der Waals surface area contributed by atoms with Crippen LogP contribution in [0.15, 0.2) is 0 Å². The van der Waals surface area contributed by atoms with E-state index in [-0.39, 0.29) is 25.8 Å². The third kappa shape index (κ3) is 11.3. The first-order valence-electron chi connectivity index (χ1n) is 0.577. The summed E-state index contributed by atoms with van der Waals surface area (Å²) in [5, 5.41) is 0. The Hall–Kier alpha value is 1.09. The summed E-state index contributed by atoms with van der Waals surface area (Å²) < 4.78 is 17.1. The third-order valence-electron chi connectivity index (χ3n) is 0. The molecular formula is H3InO2Zn. The Labute approximate surface area is 49.9 Å². The van der Waals surface area contributed by atoms with Crippen molar-refractivity contribution in [3.63, 3.8) is 0 Å². The van der Waals surface area contributed by atoms with Crippen LogP contribution in [0.1, 0.15) is 0 Å². The molecule has 4 heteroatoms. The molecule has 0 atom stereocenters. The van der Waals surface area contributed by atoms with Gasteiger partial charge in [-0.2, -0.15) is 0 Å². The van der Waals surface area contributed by atoms with E-state index in [1.54, 1.807) is 0 Å². The van der Waals surface area contributed by atoms with Gasteiger partial charge in [-0.1, -0.05) is 0 Å². The van der Waals surface area contributed by atoms with E-state index in [2.05, 4.69) is 0 Å². The zero-order chi connectivity index (χ0) is 2.71. The fraction of sp³-hybridized carbons (Fsp3) is 0. The molecule has 0 aromatic heterocycles. The molecule has 2 nitrogen and oxygen atoms in total. The maximum absolute atomic E-state index is 8.56. The average Bonchev–Trinajstić information content (AvgIpc) is 0.918. The van der Waals surface area contributed by atoms with Gasteiger partial charge < -0.3 is 0 Å². The topological polar surface area (TPSA) is 34.1 Å². The van der Waals surface area contributed by atoms with Crippen molar-refractivity contribution in [2.75, 3.05) is 0 Å². The van der Waals surface area contributed by atoms with E-state index in [0.717, 1.165) is 0 Å². The minimum atomic E-state index is -2.38. The molecule has 0 aromatic rings. The summed E-state index contributed by atoms with van der Waals surface area (Å²) >= 11 is -2.38. The molecular weight excluding hydrogens is 212 g/mol. The van der Waals surface area contributed by atoms with Crippen LogP contribution in [0, 0.1) is 0 Å². The molecule has 0 rings (SSSR count). The molecule has 0 saturated heterocycles. The zero-order valence-corrected chi connectivity index (χ0v) is 4.49. The van der Waals surface area contributed by atoms with Crippen molar-refractivity contribution < 1.29 is 24.2 Å². The summed E-state index contributed by atoms with van der Waals surface area (Å²) in [6.07, 6.45) is 0. The van der Waals surface area contributed by atoms with Crippen LogP contribution in [0.4, 0.5) is 0 Å². The van der Waals surface area contributed by atoms with E-state index in [4.69, 9.17) is 7.15 Å². The van der Waals surface area contributed by atoms with Crippen LogP contribution in [0.5, 0.6) is 0 Å². The van der Waals surface area contributed by atoms with E-state index < -0.39 is 17.0 Å². The van der Waals surface area contributed by atoms with Gasteiger partial charge in [0.2, 0.25) is 0 Å². The van der Waals surface area contributed by atoms with E-state index in [1.807, 2.05) is 0 Å². The fourth-order valence-electron chi connectivity index (χ4n) is 0.